The number of benzene rings is 2. The van der Waals surface area contributed by atoms with Crippen LogP contribution in [0.2, 0.25) is 0 Å². The number of nitrogens with zero attached hydrogens (tertiary/aromatic N) is 5. The van der Waals surface area contributed by atoms with Crippen molar-refractivity contribution >= 4 is 11.5 Å². The molecule has 0 amide bonds. The van der Waals surface area contributed by atoms with Gasteiger partial charge in [0, 0.05) is 38.3 Å². The quantitative estimate of drug-likeness (QED) is 0.710. The van der Waals surface area contributed by atoms with Gasteiger partial charge in [-0.25, -0.2) is 0 Å². The third-order valence-electron chi connectivity index (χ3n) is 5.16. The summed E-state index contributed by atoms with van der Waals surface area (Å²) in [4.78, 5) is 4.57. The molecule has 4 rings (SSSR count). The van der Waals surface area contributed by atoms with Gasteiger partial charge < -0.3 is 15.7 Å². The highest BCUT2D eigenvalue weighted by molar-refractivity contribution is 5.74. The van der Waals surface area contributed by atoms with Gasteiger partial charge in [-0.1, -0.05) is 24.3 Å². The van der Waals surface area contributed by atoms with E-state index in [2.05, 4.69) is 32.1 Å². The summed E-state index contributed by atoms with van der Waals surface area (Å²) in [6.45, 7) is 4.20. The molecule has 1 fully saturated rings. The fourth-order valence-electron chi connectivity index (χ4n) is 3.61. The first kappa shape index (κ1) is 18.7. The van der Waals surface area contributed by atoms with Crippen LogP contribution in [0.15, 0.2) is 54.6 Å². The molecule has 1 aromatic heterocycles. The zero-order chi connectivity index (χ0) is 20.2. The molecule has 3 aromatic rings. The molecule has 0 radical (unpaired) electrons. The number of hydrogen-bond donors (Lipinski definition) is 2. The van der Waals surface area contributed by atoms with Crippen molar-refractivity contribution in [3.05, 3.63) is 65.7 Å². The fraction of sp³-hybridized carbons (Fsp3) is 0.227. The maximum atomic E-state index is 10.1. The monoisotopic (exact) mass is 386 g/mol. The maximum Gasteiger partial charge on any atom is 0.169 e. The largest absolute Gasteiger partial charge is 0.507 e. The van der Waals surface area contributed by atoms with Crippen LogP contribution in [0.3, 0.4) is 0 Å². The van der Waals surface area contributed by atoms with Crippen molar-refractivity contribution in [1.29, 1.82) is 5.26 Å². The number of aromatic hydroxyl groups is 1. The number of anilines is 2. The van der Waals surface area contributed by atoms with Gasteiger partial charge in [0.05, 0.1) is 23.0 Å². The van der Waals surface area contributed by atoms with Gasteiger partial charge in [0.25, 0.3) is 0 Å². The summed E-state index contributed by atoms with van der Waals surface area (Å²) in [6, 6.07) is 18.9. The van der Waals surface area contributed by atoms with Crippen LogP contribution in [-0.2, 0) is 6.54 Å². The van der Waals surface area contributed by atoms with Gasteiger partial charge in [-0.15, -0.1) is 10.2 Å². The van der Waals surface area contributed by atoms with Crippen LogP contribution in [0.1, 0.15) is 11.1 Å². The second kappa shape index (κ2) is 8.17. The second-order valence-electron chi connectivity index (χ2n) is 7.09. The van der Waals surface area contributed by atoms with Crippen LogP contribution in [0.25, 0.3) is 11.3 Å². The van der Waals surface area contributed by atoms with E-state index in [-0.39, 0.29) is 5.75 Å². The molecule has 0 spiro atoms. The van der Waals surface area contributed by atoms with Crippen molar-refractivity contribution in [2.24, 2.45) is 0 Å². The van der Waals surface area contributed by atoms with Gasteiger partial charge in [0.2, 0.25) is 0 Å². The Hall–Kier alpha value is -3.63. The Bertz CT molecular complexity index is 1050. The Morgan fingerprint density at radius 1 is 1.00 bits per heavy atom. The number of rotatable bonds is 4. The molecule has 3 N–H and O–H groups in total. The molecular formula is C22H22N6O. The van der Waals surface area contributed by atoms with Crippen LogP contribution < -0.4 is 10.6 Å². The molecule has 7 nitrogen and oxygen atoms in total. The average molecular weight is 386 g/mol. The number of piperazine rings is 1. The Morgan fingerprint density at radius 2 is 1.79 bits per heavy atom. The van der Waals surface area contributed by atoms with E-state index in [0.717, 1.165) is 44.0 Å². The molecule has 0 atom stereocenters. The van der Waals surface area contributed by atoms with Gasteiger partial charge in [0.15, 0.2) is 5.82 Å². The lowest BCUT2D eigenvalue weighted by Crippen LogP contribution is -2.46. The van der Waals surface area contributed by atoms with Crippen molar-refractivity contribution in [3.63, 3.8) is 0 Å². The molecular weight excluding hydrogens is 364 g/mol. The van der Waals surface area contributed by atoms with Gasteiger partial charge >= 0.3 is 0 Å². The summed E-state index contributed by atoms with van der Waals surface area (Å²) >= 11 is 0. The first-order chi connectivity index (χ1) is 14.1. The Morgan fingerprint density at radius 3 is 2.55 bits per heavy atom. The SMILES string of the molecule is N#Cc1cccc(CN2CCN(c3cc(-c4ccccc4O)nnc3N)CC2)c1. The first-order valence-electron chi connectivity index (χ1n) is 9.52. The predicted molar refractivity (Wildman–Crippen MR) is 112 cm³/mol. The smallest absolute Gasteiger partial charge is 0.169 e. The van der Waals surface area contributed by atoms with Crippen LogP contribution in [-0.4, -0.2) is 46.4 Å². The minimum absolute atomic E-state index is 0.168. The number of aromatic nitrogens is 2. The molecule has 2 aromatic carbocycles. The zero-order valence-corrected chi connectivity index (χ0v) is 16.0. The lowest BCUT2D eigenvalue weighted by Gasteiger charge is -2.36. The van der Waals surface area contributed by atoms with E-state index in [9.17, 15) is 5.11 Å². The minimum Gasteiger partial charge on any atom is -0.507 e. The number of nitrogens with two attached hydrogens (primary N) is 1. The van der Waals surface area contributed by atoms with Crippen LogP contribution in [0.5, 0.6) is 5.75 Å². The topological polar surface area (TPSA) is 102 Å². The van der Waals surface area contributed by atoms with Crippen molar-refractivity contribution < 1.29 is 5.11 Å². The molecule has 29 heavy (non-hydrogen) atoms. The number of phenolic OH excluding ortho intramolecular Hbond substituents is 1. The van der Waals surface area contributed by atoms with E-state index in [1.165, 1.54) is 0 Å². The molecule has 1 aliphatic rings. The first-order valence-corrected chi connectivity index (χ1v) is 9.52. The highest BCUT2D eigenvalue weighted by Crippen LogP contribution is 2.31. The van der Waals surface area contributed by atoms with Gasteiger partial charge in [-0.2, -0.15) is 5.26 Å². The van der Waals surface area contributed by atoms with E-state index in [0.29, 0.717) is 22.6 Å². The third kappa shape index (κ3) is 4.13. The molecule has 7 heteroatoms. The molecule has 0 aliphatic carbocycles. The Kier molecular flexibility index (Phi) is 5.27. The maximum absolute atomic E-state index is 10.1. The molecule has 0 bridgehead atoms. The van der Waals surface area contributed by atoms with Gasteiger partial charge in [-0.05, 0) is 35.9 Å². The zero-order valence-electron chi connectivity index (χ0n) is 16.0. The highest BCUT2D eigenvalue weighted by atomic mass is 16.3. The molecule has 0 saturated carbocycles. The van der Waals surface area contributed by atoms with Crippen molar-refractivity contribution in [2.75, 3.05) is 36.8 Å². The molecule has 0 unspecified atom stereocenters. The van der Waals surface area contributed by atoms with E-state index < -0.39 is 0 Å². The van der Waals surface area contributed by atoms with Crippen molar-refractivity contribution in [1.82, 2.24) is 15.1 Å². The van der Waals surface area contributed by atoms with Crippen LogP contribution in [0, 0.1) is 11.3 Å². The summed E-state index contributed by atoms with van der Waals surface area (Å²) < 4.78 is 0. The predicted octanol–water partition coefficient (Wildman–Crippen LogP) is 2.63. The molecule has 2 heterocycles. The van der Waals surface area contributed by atoms with E-state index in [1.807, 2.05) is 36.4 Å². The standard InChI is InChI=1S/C22H22N6O/c23-14-16-4-3-5-17(12-16)15-27-8-10-28(11-9-27)20-13-19(25-26-22(20)24)18-6-1-2-7-21(18)29/h1-7,12-13,29H,8-11,15H2,(H2,24,26). The molecule has 146 valence electrons. The van der Waals surface area contributed by atoms with Crippen LogP contribution in [0.4, 0.5) is 11.5 Å². The number of phenols is 1. The van der Waals surface area contributed by atoms with Gasteiger partial charge in [0.1, 0.15) is 5.75 Å². The highest BCUT2D eigenvalue weighted by Gasteiger charge is 2.21. The van der Waals surface area contributed by atoms with Crippen LogP contribution >= 0.6 is 0 Å². The number of hydrogen-bond acceptors (Lipinski definition) is 7. The number of para-hydroxylation sites is 1. The summed E-state index contributed by atoms with van der Waals surface area (Å²) in [5.41, 5.74) is 10.0. The Labute approximate surface area is 169 Å². The van der Waals surface area contributed by atoms with E-state index in [4.69, 9.17) is 11.0 Å². The Balaban J connectivity index is 1.46. The lowest BCUT2D eigenvalue weighted by atomic mass is 10.1. The van der Waals surface area contributed by atoms with E-state index >= 15 is 0 Å². The third-order valence-corrected chi connectivity index (χ3v) is 5.16. The summed E-state index contributed by atoms with van der Waals surface area (Å²) in [7, 11) is 0. The number of nitrogen functional groups attached to an aromatic ring is 1. The second-order valence-corrected chi connectivity index (χ2v) is 7.09. The van der Waals surface area contributed by atoms with Gasteiger partial charge in [-0.3, -0.25) is 4.90 Å². The summed E-state index contributed by atoms with van der Waals surface area (Å²) in [6.07, 6.45) is 0. The summed E-state index contributed by atoms with van der Waals surface area (Å²) in [5.74, 6) is 0.557. The number of nitriles is 1. The summed E-state index contributed by atoms with van der Waals surface area (Å²) in [5, 5.41) is 27.4. The average Bonchev–Trinajstić information content (AvgIpc) is 2.75. The molecule has 1 aliphatic heterocycles. The molecule has 1 saturated heterocycles. The fourth-order valence-corrected chi connectivity index (χ4v) is 3.61. The van der Waals surface area contributed by atoms with Crippen molar-refractivity contribution in [2.45, 2.75) is 6.54 Å². The minimum atomic E-state index is 0.168. The lowest BCUT2D eigenvalue weighted by molar-refractivity contribution is 0.250. The van der Waals surface area contributed by atoms with E-state index in [1.54, 1.807) is 12.1 Å². The van der Waals surface area contributed by atoms with Crippen molar-refractivity contribution in [3.8, 4) is 23.1 Å². The normalized spacial score (nSPS) is 14.5.